The van der Waals surface area contributed by atoms with Gasteiger partial charge in [-0.25, -0.2) is 0 Å². The lowest BCUT2D eigenvalue weighted by Gasteiger charge is -2.26. The van der Waals surface area contributed by atoms with Crippen LogP contribution in [0.1, 0.15) is 12.5 Å². The molecule has 2 rings (SSSR count). The average Bonchev–Trinajstić information content (AvgIpc) is 2.58. The topological polar surface area (TPSA) is 58.1 Å². The summed E-state index contributed by atoms with van der Waals surface area (Å²) in [6.07, 6.45) is 1.71. The van der Waals surface area contributed by atoms with Gasteiger partial charge >= 0.3 is 0 Å². The molecule has 0 saturated carbocycles. The summed E-state index contributed by atoms with van der Waals surface area (Å²) in [4.78, 5) is 2.35. The van der Waals surface area contributed by atoms with Gasteiger partial charge in [0, 0.05) is 31.7 Å². The predicted molar refractivity (Wildman–Crippen MR) is 96.2 cm³/mol. The third-order valence-electron chi connectivity index (χ3n) is 3.41. The van der Waals surface area contributed by atoms with Gasteiger partial charge in [0.15, 0.2) is 5.11 Å². The Labute approximate surface area is 142 Å². The van der Waals surface area contributed by atoms with Crippen molar-refractivity contribution in [2.24, 2.45) is 5.10 Å². The molecule has 1 heterocycles. The third kappa shape index (κ3) is 6.52. The molecule has 1 aromatic rings. The monoisotopic (exact) mass is 336 g/mol. The van der Waals surface area contributed by atoms with Crippen LogP contribution in [0.4, 0.5) is 0 Å². The van der Waals surface area contributed by atoms with Crippen molar-refractivity contribution in [3.8, 4) is 5.75 Å². The van der Waals surface area contributed by atoms with E-state index in [1.54, 1.807) is 6.21 Å². The molecule has 1 aliphatic heterocycles. The first kappa shape index (κ1) is 17.7. The fourth-order valence-electron chi connectivity index (χ4n) is 2.23. The Bertz CT molecular complexity index is 519. The highest BCUT2D eigenvalue weighted by Gasteiger charge is 2.09. The molecule has 6 nitrogen and oxygen atoms in total. The summed E-state index contributed by atoms with van der Waals surface area (Å²) in [6, 6.07) is 7.76. The van der Waals surface area contributed by atoms with Crippen molar-refractivity contribution in [3.63, 3.8) is 0 Å². The highest BCUT2D eigenvalue weighted by molar-refractivity contribution is 7.80. The van der Waals surface area contributed by atoms with Crippen LogP contribution in [0.25, 0.3) is 0 Å². The van der Waals surface area contributed by atoms with Crippen LogP contribution >= 0.6 is 12.2 Å². The standard InChI is InChI=1S/C16H24N4O2S/c1-2-22-15-6-4-3-5-14(15)13-18-19-16(23)17-7-8-20-9-11-21-12-10-20/h3-6,13H,2,7-12H2,1H3,(H2,17,19,23)/b18-13+. The number of hydrazone groups is 1. The highest BCUT2D eigenvalue weighted by Crippen LogP contribution is 2.15. The van der Waals surface area contributed by atoms with Gasteiger partial charge in [-0.3, -0.25) is 10.3 Å². The summed E-state index contributed by atoms with van der Waals surface area (Å²) in [6.45, 7) is 7.90. The van der Waals surface area contributed by atoms with Gasteiger partial charge in [0.25, 0.3) is 0 Å². The second-order valence-corrected chi connectivity index (χ2v) is 5.46. The maximum absolute atomic E-state index is 5.54. The number of nitrogens with one attached hydrogen (secondary N) is 2. The highest BCUT2D eigenvalue weighted by atomic mass is 32.1. The SMILES string of the molecule is CCOc1ccccc1/C=N/NC(=S)NCCN1CCOCC1. The van der Waals surface area contributed by atoms with E-state index in [0.717, 1.165) is 50.7 Å². The number of hydrogen-bond donors (Lipinski definition) is 2. The molecule has 0 aliphatic carbocycles. The summed E-state index contributed by atoms with van der Waals surface area (Å²) >= 11 is 5.21. The number of hydrogen-bond acceptors (Lipinski definition) is 5. The van der Waals surface area contributed by atoms with E-state index in [1.165, 1.54) is 0 Å². The van der Waals surface area contributed by atoms with Crippen LogP contribution in [-0.4, -0.2) is 62.2 Å². The fourth-order valence-corrected chi connectivity index (χ4v) is 2.38. The Morgan fingerprint density at radius 2 is 2.17 bits per heavy atom. The molecule has 7 heteroatoms. The molecule has 0 amide bonds. The molecule has 0 spiro atoms. The summed E-state index contributed by atoms with van der Waals surface area (Å²) in [5, 5.41) is 7.82. The molecule has 0 aromatic heterocycles. The van der Waals surface area contributed by atoms with E-state index in [0.29, 0.717) is 11.7 Å². The molecule has 23 heavy (non-hydrogen) atoms. The van der Waals surface area contributed by atoms with Crippen molar-refractivity contribution in [1.29, 1.82) is 0 Å². The number of para-hydroxylation sites is 1. The van der Waals surface area contributed by atoms with Crippen LogP contribution in [0.15, 0.2) is 29.4 Å². The summed E-state index contributed by atoms with van der Waals surface area (Å²) in [5.41, 5.74) is 3.74. The zero-order valence-corrected chi connectivity index (χ0v) is 14.3. The first-order valence-electron chi connectivity index (χ1n) is 7.88. The van der Waals surface area contributed by atoms with Crippen molar-refractivity contribution in [3.05, 3.63) is 29.8 Å². The molecule has 126 valence electrons. The van der Waals surface area contributed by atoms with E-state index in [9.17, 15) is 0 Å². The molecule has 0 radical (unpaired) electrons. The van der Waals surface area contributed by atoms with Crippen molar-refractivity contribution in [2.45, 2.75) is 6.92 Å². The lowest BCUT2D eigenvalue weighted by atomic mass is 10.2. The van der Waals surface area contributed by atoms with Crippen molar-refractivity contribution in [1.82, 2.24) is 15.6 Å². The van der Waals surface area contributed by atoms with Crippen LogP contribution < -0.4 is 15.5 Å². The minimum Gasteiger partial charge on any atom is -0.493 e. The van der Waals surface area contributed by atoms with Gasteiger partial charge in [-0.2, -0.15) is 5.10 Å². The van der Waals surface area contributed by atoms with Gasteiger partial charge < -0.3 is 14.8 Å². The number of thiocarbonyl (C=S) groups is 1. The Morgan fingerprint density at radius 1 is 1.39 bits per heavy atom. The van der Waals surface area contributed by atoms with Crippen molar-refractivity contribution >= 4 is 23.5 Å². The van der Waals surface area contributed by atoms with Crippen molar-refractivity contribution in [2.75, 3.05) is 46.0 Å². The molecular weight excluding hydrogens is 312 g/mol. The largest absolute Gasteiger partial charge is 0.493 e. The normalized spacial score (nSPS) is 15.5. The Morgan fingerprint density at radius 3 is 2.96 bits per heavy atom. The lowest BCUT2D eigenvalue weighted by Crippen LogP contribution is -2.42. The number of morpholine rings is 1. The zero-order valence-electron chi connectivity index (χ0n) is 13.5. The average molecular weight is 336 g/mol. The minimum atomic E-state index is 0.517. The fraction of sp³-hybridized carbons (Fsp3) is 0.500. The molecule has 0 atom stereocenters. The van der Waals surface area contributed by atoms with E-state index in [2.05, 4.69) is 20.7 Å². The third-order valence-corrected chi connectivity index (χ3v) is 3.64. The van der Waals surface area contributed by atoms with Gasteiger partial charge in [-0.1, -0.05) is 12.1 Å². The zero-order chi connectivity index (χ0) is 16.3. The number of rotatable bonds is 7. The van der Waals surface area contributed by atoms with Crippen molar-refractivity contribution < 1.29 is 9.47 Å². The maximum atomic E-state index is 5.54. The first-order valence-corrected chi connectivity index (χ1v) is 8.29. The van der Waals surface area contributed by atoms with Crippen LogP contribution in [-0.2, 0) is 4.74 Å². The molecular formula is C16H24N4O2S. The smallest absolute Gasteiger partial charge is 0.187 e. The van der Waals surface area contributed by atoms with E-state index < -0.39 is 0 Å². The van der Waals surface area contributed by atoms with Crippen LogP contribution in [0.3, 0.4) is 0 Å². The van der Waals surface area contributed by atoms with E-state index >= 15 is 0 Å². The van der Waals surface area contributed by atoms with Crippen LogP contribution in [0, 0.1) is 0 Å². The van der Waals surface area contributed by atoms with Gasteiger partial charge in [0.1, 0.15) is 5.75 Å². The van der Waals surface area contributed by atoms with Gasteiger partial charge in [-0.05, 0) is 31.3 Å². The van der Waals surface area contributed by atoms with Gasteiger partial charge in [0.2, 0.25) is 0 Å². The number of benzene rings is 1. The minimum absolute atomic E-state index is 0.517. The predicted octanol–water partition coefficient (Wildman–Crippen LogP) is 1.22. The molecule has 0 bridgehead atoms. The summed E-state index contributed by atoms with van der Waals surface area (Å²) in [5.74, 6) is 0.812. The Kier molecular flexibility index (Phi) is 7.79. The van der Waals surface area contributed by atoms with Gasteiger partial charge in [-0.15, -0.1) is 0 Å². The maximum Gasteiger partial charge on any atom is 0.187 e. The first-order chi connectivity index (χ1) is 11.3. The van der Waals surface area contributed by atoms with E-state index in [-0.39, 0.29) is 0 Å². The Hall–Kier alpha value is -1.70. The van der Waals surface area contributed by atoms with Crippen LogP contribution in [0.2, 0.25) is 0 Å². The van der Waals surface area contributed by atoms with E-state index in [4.69, 9.17) is 21.7 Å². The molecule has 1 aliphatic rings. The lowest BCUT2D eigenvalue weighted by molar-refractivity contribution is 0.0389. The number of nitrogens with zero attached hydrogens (tertiary/aromatic N) is 2. The second-order valence-electron chi connectivity index (χ2n) is 5.05. The second kappa shape index (κ2) is 10.1. The number of ether oxygens (including phenoxy) is 2. The quantitative estimate of drug-likeness (QED) is 0.444. The summed E-state index contributed by atoms with van der Waals surface area (Å²) < 4.78 is 10.9. The summed E-state index contributed by atoms with van der Waals surface area (Å²) in [7, 11) is 0. The Balaban J connectivity index is 1.69. The molecule has 2 N–H and O–H groups in total. The molecule has 1 fully saturated rings. The molecule has 1 aromatic carbocycles. The molecule has 0 unspecified atom stereocenters. The molecule has 1 saturated heterocycles. The van der Waals surface area contributed by atoms with Crippen LogP contribution in [0.5, 0.6) is 5.75 Å². The van der Waals surface area contributed by atoms with Gasteiger partial charge in [0.05, 0.1) is 26.0 Å². The van der Waals surface area contributed by atoms with E-state index in [1.807, 2.05) is 31.2 Å².